The number of nitrogens with zero attached hydrogens (tertiary/aromatic N) is 2. The predicted molar refractivity (Wildman–Crippen MR) is 48.1 cm³/mol. The van der Waals surface area contributed by atoms with Crippen molar-refractivity contribution in [3.8, 4) is 6.07 Å². The Hall–Kier alpha value is -1.82. The van der Waals surface area contributed by atoms with Crippen molar-refractivity contribution >= 4 is 11.1 Å². The fourth-order valence-electron chi connectivity index (χ4n) is 1.24. The van der Waals surface area contributed by atoms with Gasteiger partial charge >= 0.3 is 0 Å². The van der Waals surface area contributed by atoms with Crippen molar-refractivity contribution in [3.63, 3.8) is 0 Å². The lowest BCUT2D eigenvalue weighted by atomic mass is 10.2. The minimum atomic E-state index is 0.570. The number of aromatic nitrogens is 1. The van der Waals surface area contributed by atoms with Gasteiger partial charge in [-0.1, -0.05) is 13.0 Å². The smallest absolute Gasteiger partial charge is 0.195 e. The molecule has 1 heterocycles. The highest BCUT2D eigenvalue weighted by atomic mass is 16.3. The molecule has 0 amide bonds. The Labute approximate surface area is 75.6 Å². The molecule has 2 aromatic rings. The first-order valence-electron chi connectivity index (χ1n) is 4.13. The van der Waals surface area contributed by atoms with E-state index in [-0.39, 0.29) is 0 Å². The maximum Gasteiger partial charge on any atom is 0.195 e. The molecule has 3 nitrogen and oxygen atoms in total. The maximum atomic E-state index is 8.79. The van der Waals surface area contributed by atoms with Crippen LogP contribution >= 0.6 is 0 Å². The second-order valence-corrected chi connectivity index (χ2v) is 2.73. The number of nitriles is 1. The van der Waals surface area contributed by atoms with Crippen molar-refractivity contribution in [1.29, 1.82) is 5.26 Å². The highest BCUT2D eigenvalue weighted by molar-refractivity contribution is 5.79. The summed E-state index contributed by atoms with van der Waals surface area (Å²) in [4.78, 5) is 4.21. The lowest BCUT2D eigenvalue weighted by Gasteiger charge is -1.86. The monoisotopic (exact) mass is 172 g/mol. The summed E-state index contributed by atoms with van der Waals surface area (Å²) in [6.07, 6.45) is 0.750. The van der Waals surface area contributed by atoms with E-state index < -0.39 is 0 Å². The van der Waals surface area contributed by atoms with E-state index >= 15 is 0 Å². The molecule has 64 valence electrons. The Bertz CT molecular complexity index is 479. The molecule has 0 atom stereocenters. The van der Waals surface area contributed by atoms with Crippen LogP contribution < -0.4 is 0 Å². The Balaban J connectivity index is 2.76. The minimum Gasteiger partial charge on any atom is -0.441 e. The normalized spacial score (nSPS) is 10.2. The number of benzene rings is 1. The van der Waals surface area contributed by atoms with Crippen molar-refractivity contribution in [2.24, 2.45) is 0 Å². The van der Waals surface area contributed by atoms with Gasteiger partial charge in [-0.2, -0.15) is 5.26 Å². The van der Waals surface area contributed by atoms with Crippen LogP contribution in [-0.2, 0) is 6.42 Å². The Morgan fingerprint density at radius 3 is 3.08 bits per heavy atom. The fraction of sp³-hybridized carbons (Fsp3) is 0.200. The number of fused-ring (bicyclic) bond motifs is 1. The van der Waals surface area contributed by atoms with Crippen LogP contribution in [0.3, 0.4) is 0 Å². The third-order valence-corrected chi connectivity index (χ3v) is 1.89. The number of hydrogen-bond donors (Lipinski definition) is 0. The number of para-hydroxylation sites is 1. The molecule has 13 heavy (non-hydrogen) atoms. The van der Waals surface area contributed by atoms with Crippen molar-refractivity contribution < 1.29 is 4.42 Å². The molecule has 0 unspecified atom stereocenters. The summed E-state index contributed by atoms with van der Waals surface area (Å²) >= 11 is 0. The number of hydrogen-bond acceptors (Lipinski definition) is 3. The van der Waals surface area contributed by atoms with E-state index in [9.17, 15) is 0 Å². The molecule has 0 radical (unpaired) electrons. The lowest BCUT2D eigenvalue weighted by Crippen LogP contribution is -1.79. The van der Waals surface area contributed by atoms with Gasteiger partial charge in [-0.15, -0.1) is 0 Å². The van der Waals surface area contributed by atoms with Gasteiger partial charge in [0.2, 0.25) is 0 Å². The number of aryl methyl sites for hydroxylation is 1. The van der Waals surface area contributed by atoms with Crippen molar-refractivity contribution in [2.75, 3.05) is 0 Å². The van der Waals surface area contributed by atoms with Crippen LogP contribution in [0.5, 0.6) is 0 Å². The van der Waals surface area contributed by atoms with Gasteiger partial charge in [-0.3, -0.25) is 0 Å². The van der Waals surface area contributed by atoms with Gasteiger partial charge in [0.05, 0.1) is 5.56 Å². The topological polar surface area (TPSA) is 49.8 Å². The molecular weight excluding hydrogens is 164 g/mol. The Morgan fingerprint density at radius 2 is 2.38 bits per heavy atom. The summed E-state index contributed by atoms with van der Waals surface area (Å²) in [5, 5.41) is 8.79. The lowest BCUT2D eigenvalue weighted by molar-refractivity contribution is 0.538. The summed E-state index contributed by atoms with van der Waals surface area (Å²) in [6, 6.07) is 7.44. The zero-order valence-electron chi connectivity index (χ0n) is 7.24. The van der Waals surface area contributed by atoms with Crippen molar-refractivity contribution in [1.82, 2.24) is 4.98 Å². The van der Waals surface area contributed by atoms with Crippen LogP contribution in [0.25, 0.3) is 11.1 Å². The van der Waals surface area contributed by atoms with Crippen LogP contribution in [-0.4, -0.2) is 4.98 Å². The molecule has 1 aromatic carbocycles. The number of rotatable bonds is 1. The molecule has 0 spiro atoms. The van der Waals surface area contributed by atoms with Crippen molar-refractivity contribution in [2.45, 2.75) is 13.3 Å². The molecule has 1 aromatic heterocycles. The van der Waals surface area contributed by atoms with E-state index in [1.54, 1.807) is 12.1 Å². The molecule has 0 aliphatic rings. The summed E-state index contributed by atoms with van der Waals surface area (Å²) in [5.41, 5.74) is 1.93. The predicted octanol–water partition coefficient (Wildman–Crippen LogP) is 2.26. The first-order valence-corrected chi connectivity index (χ1v) is 4.13. The molecule has 0 aliphatic carbocycles. The zero-order chi connectivity index (χ0) is 9.26. The van der Waals surface area contributed by atoms with E-state index in [0.717, 1.165) is 6.42 Å². The highest BCUT2D eigenvalue weighted by Gasteiger charge is 2.07. The van der Waals surface area contributed by atoms with Gasteiger partial charge in [0.15, 0.2) is 11.5 Å². The molecule has 0 saturated heterocycles. The van der Waals surface area contributed by atoms with E-state index in [4.69, 9.17) is 9.68 Å². The summed E-state index contributed by atoms with van der Waals surface area (Å²) in [6.45, 7) is 1.97. The summed E-state index contributed by atoms with van der Waals surface area (Å²) in [7, 11) is 0. The zero-order valence-corrected chi connectivity index (χ0v) is 7.24. The highest BCUT2D eigenvalue weighted by Crippen LogP contribution is 2.18. The first-order chi connectivity index (χ1) is 6.35. The second-order valence-electron chi connectivity index (χ2n) is 2.73. The molecule has 0 saturated carbocycles. The Kier molecular flexibility index (Phi) is 1.75. The number of oxazole rings is 1. The van der Waals surface area contributed by atoms with E-state index in [1.807, 2.05) is 13.0 Å². The van der Waals surface area contributed by atoms with Crippen LogP contribution in [0.4, 0.5) is 0 Å². The van der Waals surface area contributed by atoms with E-state index in [0.29, 0.717) is 22.6 Å². The summed E-state index contributed by atoms with van der Waals surface area (Å²) < 4.78 is 5.40. The van der Waals surface area contributed by atoms with Crippen LogP contribution in [0.15, 0.2) is 22.6 Å². The average molecular weight is 172 g/mol. The van der Waals surface area contributed by atoms with Crippen LogP contribution in [0.1, 0.15) is 18.4 Å². The van der Waals surface area contributed by atoms with Gasteiger partial charge in [-0.25, -0.2) is 4.98 Å². The van der Waals surface area contributed by atoms with Crippen LogP contribution in [0, 0.1) is 11.3 Å². The molecule has 0 fully saturated rings. The summed E-state index contributed by atoms with van der Waals surface area (Å²) in [5.74, 6) is 0.678. The second kappa shape index (κ2) is 2.91. The van der Waals surface area contributed by atoms with Gasteiger partial charge in [0.1, 0.15) is 11.6 Å². The molecular formula is C10H8N2O. The standard InChI is InChI=1S/C10H8N2O/c1-2-9-12-10-7(6-11)4-3-5-8(10)13-9/h3-5H,2H2,1H3. The first kappa shape index (κ1) is 7.81. The van der Waals surface area contributed by atoms with Gasteiger partial charge in [0, 0.05) is 6.42 Å². The maximum absolute atomic E-state index is 8.79. The van der Waals surface area contributed by atoms with Gasteiger partial charge < -0.3 is 4.42 Å². The Morgan fingerprint density at radius 1 is 1.54 bits per heavy atom. The third kappa shape index (κ3) is 1.17. The molecule has 0 N–H and O–H groups in total. The average Bonchev–Trinajstić information content (AvgIpc) is 2.59. The largest absolute Gasteiger partial charge is 0.441 e. The van der Waals surface area contributed by atoms with Crippen LogP contribution in [0.2, 0.25) is 0 Å². The molecule has 0 bridgehead atoms. The fourth-order valence-corrected chi connectivity index (χ4v) is 1.24. The van der Waals surface area contributed by atoms with E-state index in [2.05, 4.69) is 11.1 Å². The molecule has 2 rings (SSSR count). The quantitative estimate of drug-likeness (QED) is 0.662. The van der Waals surface area contributed by atoms with E-state index in [1.165, 1.54) is 0 Å². The molecule has 0 aliphatic heterocycles. The SMILES string of the molecule is CCc1nc2c(C#N)cccc2o1. The van der Waals surface area contributed by atoms with Gasteiger partial charge in [0.25, 0.3) is 0 Å². The minimum absolute atomic E-state index is 0.570. The molecule has 3 heteroatoms. The van der Waals surface area contributed by atoms with Crippen molar-refractivity contribution in [3.05, 3.63) is 29.7 Å². The van der Waals surface area contributed by atoms with Gasteiger partial charge in [-0.05, 0) is 12.1 Å². The third-order valence-electron chi connectivity index (χ3n) is 1.89.